The molecule has 0 saturated carbocycles. The quantitative estimate of drug-likeness (QED) is 0.743. The van der Waals surface area contributed by atoms with Crippen LogP contribution in [0.5, 0.6) is 5.75 Å². The van der Waals surface area contributed by atoms with Gasteiger partial charge in [0.15, 0.2) is 23.3 Å². The van der Waals surface area contributed by atoms with Gasteiger partial charge in [0.05, 0.1) is 17.6 Å². The first-order valence-electron chi connectivity index (χ1n) is 7.17. The lowest BCUT2D eigenvalue weighted by Crippen LogP contribution is -2.10. The topological polar surface area (TPSA) is 63.2 Å². The highest BCUT2D eigenvalue weighted by Gasteiger charge is 2.17. The Morgan fingerprint density at radius 2 is 2.09 bits per heavy atom. The van der Waals surface area contributed by atoms with Crippen molar-refractivity contribution in [3.8, 4) is 23.1 Å². The molecule has 0 spiro atoms. The van der Waals surface area contributed by atoms with Crippen LogP contribution in [-0.4, -0.2) is 20.5 Å². The number of fused-ring (bicyclic) bond motifs is 1. The molecule has 0 aliphatic rings. The number of aromatic nitrogens is 3. The van der Waals surface area contributed by atoms with Gasteiger partial charge in [-0.2, -0.15) is 5.26 Å². The van der Waals surface area contributed by atoms with Crippen molar-refractivity contribution in [1.82, 2.24) is 14.4 Å². The van der Waals surface area contributed by atoms with Crippen LogP contribution in [0.4, 0.5) is 4.39 Å². The first-order chi connectivity index (χ1) is 11.0. The predicted octanol–water partition coefficient (Wildman–Crippen LogP) is 3.44. The first kappa shape index (κ1) is 15.0. The molecule has 0 aliphatic carbocycles. The SMILES string of the molecule is Cc1c(-c2cnc3c(C)nccn23)ccc(OC(C)C#N)c1F. The third-order valence-electron chi connectivity index (χ3n) is 3.72. The minimum absolute atomic E-state index is 0.0759. The van der Waals surface area contributed by atoms with Crippen molar-refractivity contribution in [3.63, 3.8) is 0 Å². The molecular weight excluding hydrogens is 295 g/mol. The second kappa shape index (κ2) is 5.69. The van der Waals surface area contributed by atoms with E-state index in [2.05, 4.69) is 9.97 Å². The number of nitrogens with zero attached hydrogens (tertiary/aromatic N) is 4. The van der Waals surface area contributed by atoms with Gasteiger partial charge in [-0.25, -0.2) is 9.37 Å². The number of ether oxygens (including phenoxy) is 1. The zero-order valence-electron chi connectivity index (χ0n) is 13.0. The zero-order chi connectivity index (χ0) is 16.6. The smallest absolute Gasteiger partial charge is 0.181 e. The Bertz CT molecular complexity index is 926. The highest BCUT2D eigenvalue weighted by molar-refractivity contribution is 5.68. The number of hydrogen-bond donors (Lipinski definition) is 0. The van der Waals surface area contributed by atoms with E-state index in [1.54, 1.807) is 44.6 Å². The molecule has 1 atom stereocenters. The van der Waals surface area contributed by atoms with Crippen LogP contribution in [0.15, 0.2) is 30.7 Å². The van der Waals surface area contributed by atoms with Crippen molar-refractivity contribution >= 4 is 5.65 Å². The van der Waals surface area contributed by atoms with Crippen molar-refractivity contribution in [2.24, 2.45) is 0 Å². The molecule has 2 heterocycles. The Balaban J connectivity index is 2.12. The van der Waals surface area contributed by atoms with Gasteiger partial charge in [-0.15, -0.1) is 0 Å². The summed E-state index contributed by atoms with van der Waals surface area (Å²) in [5.41, 5.74) is 3.49. The zero-order valence-corrected chi connectivity index (χ0v) is 13.0. The molecule has 3 rings (SSSR count). The van der Waals surface area contributed by atoms with Gasteiger partial charge < -0.3 is 4.74 Å². The lowest BCUT2D eigenvalue weighted by atomic mass is 10.0. The van der Waals surface area contributed by atoms with Crippen molar-refractivity contribution in [2.45, 2.75) is 26.9 Å². The van der Waals surface area contributed by atoms with Gasteiger partial charge in [0, 0.05) is 18.0 Å². The molecule has 0 fully saturated rings. The summed E-state index contributed by atoms with van der Waals surface area (Å²) in [6, 6.07) is 5.24. The lowest BCUT2D eigenvalue weighted by molar-refractivity contribution is 0.262. The molecule has 5 nitrogen and oxygen atoms in total. The number of halogens is 1. The molecule has 0 saturated heterocycles. The maximum atomic E-state index is 14.6. The Hall–Kier alpha value is -2.94. The summed E-state index contributed by atoms with van der Waals surface area (Å²) in [6.45, 7) is 5.13. The molecule has 0 bridgehead atoms. The number of imidazole rings is 1. The van der Waals surface area contributed by atoms with Gasteiger partial charge in [0.2, 0.25) is 0 Å². The number of rotatable bonds is 3. The second-order valence-electron chi connectivity index (χ2n) is 5.29. The normalized spacial score (nSPS) is 12.1. The van der Waals surface area contributed by atoms with Crippen LogP contribution in [-0.2, 0) is 0 Å². The average molecular weight is 310 g/mol. The summed E-state index contributed by atoms with van der Waals surface area (Å²) < 4.78 is 21.7. The Labute approximate surface area is 133 Å². The van der Waals surface area contributed by atoms with Gasteiger partial charge in [0.1, 0.15) is 6.07 Å². The molecular formula is C17H15FN4O. The van der Waals surface area contributed by atoms with E-state index < -0.39 is 11.9 Å². The third kappa shape index (κ3) is 2.50. The van der Waals surface area contributed by atoms with Crippen molar-refractivity contribution in [2.75, 3.05) is 0 Å². The molecule has 0 radical (unpaired) electrons. The number of benzene rings is 1. The summed E-state index contributed by atoms with van der Waals surface area (Å²) in [6.07, 6.45) is 4.47. The van der Waals surface area contributed by atoms with Gasteiger partial charge in [-0.05, 0) is 38.5 Å². The third-order valence-corrected chi connectivity index (χ3v) is 3.72. The fourth-order valence-corrected chi connectivity index (χ4v) is 2.49. The molecule has 1 unspecified atom stereocenters. The van der Waals surface area contributed by atoms with E-state index >= 15 is 0 Å². The number of hydrogen-bond acceptors (Lipinski definition) is 4. The standard InChI is InChI=1S/C17H15FN4O/c1-10(8-19)23-15-5-4-13(11(2)16(15)18)14-9-21-17-12(3)20-6-7-22(14)17/h4-7,9-10H,1-3H3. The van der Waals surface area contributed by atoms with Gasteiger partial charge in [-0.3, -0.25) is 9.38 Å². The lowest BCUT2D eigenvalue weighted by Gasteiger charge is -2.13. The van der Waals surface area contributed by atoms with Gasteiger partial charge in [-0.1, -0.05) is 0 Å². The van der Waals surface area contributed by atoms with Crippen LogP contribution >= 0.6 is 0 Å². The van der Waals surface area contributed by atoms with Gasteiger partial charge >= 0.3 is 0 Å². The molecule has 6 heteroatoms. The molecule has 3 aromatic rings. The van der Waals surface area contributed by atoms with Crippen LogP contribution in [0.1, 0.15) is 18.2 Å². The molecule has 23 heavy (non-hydrogen) atoms. The summed E-state index contributed by atoms with van der Waals surface area (Å²) in [5.74, 6) is -0.391. The maximum Gasteiger partial charge on any atom is 0.181 e. The van der Waals surface area contributed by atoms with E-state index in [-0.39, 0.29) is 5.75 Å². The monoisotopic (exact) mass is 310 g/mol. The molecule has 0 aliphatic heterocycles. The van der Waals surface area contributed by atoms with Crippen LogP contribution in [0.25, 0.3) is 16.9 Å². The first-order valence-corrected chi connectivity index (χ1v) is 7.17. The molecule has 116 valence electrons. The number of nitriles is 1. The fraction of sp³-hybridized carbons (Fsp3) is 0.235. The van der Waals surface area contributed by atoms with E-state index in [0.29, 0.717) is 5.56 Å². The summed E-state index contributed by atoms with van der Waals surface area (Å²) >= 11 is 0. The van der Waals surface area contributed by atoms with Crippen molar-refractivity contribution in [1.29, 1.82) is 5.26 Å². The van der Waals surface area contributed by atoms with Crippen LogP contribution < -0.4 is 4.74 Å². The highest BCUT2D eigenvalue weighted by Crippen LogP contribution is 2.31. The predicted molar refractivity (Wildman–Crippen MR) is 83.6 cm³/mol. The molecule has 0 amide bonds. The van der Waals surface area contributed by atoms with Crippen LogP contribution in [0.2, 0.25) is 0 Å². The van der Waals surface area contributed by atoms with E-state index in [4.69, 9.17) is 10.00 Å². The van der Waals surface area contributed by atoms with Crippen molar-refractivity contribution in [3.05, 3.63) is 47.8 Å². The maximum absolute atomic E-state index is 14.6. The largest absolute Gasteiger partial charge is 0.473 e. The Morgan fingerprint density at radius 1 is 1.30 bits per heavy atom. The number of aryl methyl sites for hydroxylation is 1. The minimum Gasteiger partial charge on any atom is -0.473 e. The minimum atomic E-state index is -0.709. The fourth-order valence-electron chi connectivity index (χ4n) is 2.49. The van der Waals surface area contributed by atoms with Gasteiger partial charge in [0.25, 0.3) is 0 Å². The summed E-state index contributed by atoms with van der Waals surface area (Å²) in [7, 11) is 0. The van der Waals surface area contributed by atoms with Crippen LogP contribution in [0, 0.1) is 31.0 Å². The molecule has 1 aromatic carbocycles. The average Bonchev–Trinajstić information content (AvgIpc) is 2.97. The van der Waals surface area contributed by atoms with Crippen LogP contribution in [0.3, 0.4) is 0 Å². The van der Waals surface area contributed by atoms with E-state index in [0.717, 1.165) is 22.6 Å². The Kier molecular flexibility index (Phi) is 3.70. The van der Waals surface area contributed by atoms with Crippen molar-refractivity contribution < 1.29 is 9.13 Å². The van der Waals surface area contributed by atoms with E-state index in [1.807, 2.05) is 17.4 Å². The molecule has 2 aromatic heterocycles. The molecule has 0 N–H and O–H groups in total. The highest BCUT2D eigenvalue weighted by atomic mass is 19.1. The van der Waals surface area contributed by atoms with E-state index in [1.165, 1.54) is 0 Å². The van der Waals surface area contributed by atoms with E-state index in [9.17, 15) is 4.39 Å². The summed E-state index contributed by atoms with van der Waals surface area (Å²) in [5, 5.41) is 8.79. The summed E-state index contributed by atoms with van der Waals surface area (Å²) in [4.78, 5) is 8.56. The second-order valence-corrected chi connectivity index (χ2v) is 5.29. The Morgan fingerprint density at radius 3 is 2.83 bits per heavy atom.